The summed E-state index contributed by atoms with van der Waals surface area (Å²) in [6.45, 7) is 1.64. The van der Waals surface area contributed by atoms with E-state index < -0.39 is 0 Å². The van der Waals surface area contributed by atoms with Gasteiger partial charge in [0, 0.05) is 48.5 Å². The predicted molar refractivity (Wildman–Crippen MR) is 111 cm³/mol. The Morgan fingerprint density at radius 2 is 1.89 bits per heavy atom. The van der Waals surface area contributed by atoms with Crippen LogP contribution in [-0.2, 0) is 11.3 Å². The van der Waals surface area contributed by atoms with Gasteiger partial charge in [0.05, 0.1) is 6.04 Å². The maximum Gasteiger partial charge on any atom is 0.315 e. The number of carbonyl (C=O) groups is 2. The zero-order chi connectivity index (χ0) is 19.5. The van der Waals surface area contributed by atoms with Gasteiger partial charge in [0.2, 0.25) is 5.91 Å². The summed E-state index contributed by atoms with van der Waals surface area (Å²) in [5.74, 6) is -0.00793. The highest BCUT2D eigenvalue weighted by atomic mass is 35.5. The number of fused-ring (bicyclic) bond motifs is 1. The zero-order valence-electron chi connectivity index (χ0n) is 15.3. The average Bonchev–Trinajstić information content (AvgIpc) is 3.26. The van der Waals surface area contributed by atoms with Gasteiger partial charge in [-0.3, -0.25) is 4.79 Å². The normalized spacial score (nSPS) is 16.5. The summed E-state index contributed by atoms with van der Waals surface area (Å²) >= 11 is 5.90. The molecule has 1 aromatic heterocycles. The second-order valence-corrected chi connectivity index (χ2v) is 7.29. The molecule has 0 spiro atoms. The SMILES string of the molecule is O=C(NCCn1ccc2ccccc21)NC1CC(=O)N(c2ccc(Cl)cc2)C1. The van der Waals surface area contributed by atoms with Gasteiger partial charge in [0.1, 0.15) is 0 Å². The zero-order valence-corrected chi connectivity index (χ0v) is 16.0. The van der Waals surface area contributed by atoms with E-state index >= 15 is 0 Å². The predicted octanol–water partition coefficient (Wildman–Crippen LogP) is 3.40. The highest BCUT2D eigenvalue weighted by Crippen LogP contribution is 2.23. The number of nitrogens with one attached hydrogen (secondary N) is 2. The number of rotatable bonds is 5. The van der Waals surface area contributed by atoms with Gasteiger partial charge in [0.15, 0.2) is 0 Å². The third-order valence-electron chi connectivity index (χ3n) is 4.92. The van der Waals surface area contributed by atoms with E-state index in [0.717, 1.165) is 11.2 Å². The Kier molecular flexibility index (Phi) is 5.21. The summed E-state index contributed by atoms with van der Waals surface area (Å²) in [4.78, 5) is 26.1. The van der Waals surface area contributed by atoms with E-state index in [1.165, 1.54) is 5.39 Å². The third kappa shape index (κ3) is 3.97. The van der Waals surface area contributed by atoms with Crippen molar-refractivity contribution >= 4 is 40.1 Å². The Bertz CT molecular complexity index is 999. The van der Waals surface area contributed by atoms with Gasteiger partial charge in [-0.15, -0.1) is 0 Å². The number of urea groups is 1. The Labute approximate surface area is 168 Å². The quantitative estimate of drug-likeness (QED) is 0.694. The van der Waals surface area contributed by atoms with Crippen molar-refractivity contribution in [1.82, 2.24) is 15.2 Å². The molecule has 3 aromatic rings. The second kappa shape index (κ2) is 7.94. The van der Waals surface area contributed by atoms with Gasteiger partial charge < -0.3 is 20.1 Å². The first-order valence-corrected chi connectivity index (χ1v) is 9.62. The molecular formula is C21H21ClN4O2. The summed E-state index contributed by atoms with van der Waals surface area (Å²) in [6, 6.07) is 16.9. The van der Waals surface area contributed by atoms with Crippen molar-refractivity contribution < 1.29 is 9.59 Å². The fourth-order valence-electron chi connectivity index (χ4n) is 3.54. The van der Waals surface area contributed by atoms with Gasteiger partial charge in [-0.25, -0.2) is 4.79 Å². The molecule has 1 aliphatic heterocycles. The maximum atomic E-state index is 12.3. The van der Waals surface area contributed by atoms with Gasteiger partial charge in [-0.05, 0) is 41.8 Å². The number of amides is 3. The van der Waals surface area contributed by atoms with Crippen LogP contribution in [0, 0.1) is 0 Å². The first kappa shape index (κ1) is 18.4. The number of para-hydroxylation sites is 1. The molecule has 144 valence electrons. The third-order valence-corrected chi connectivity index (χ3v) is 5.17. The number of aromatic nitrogens is 1. The lowest BCUT2D eigenvalue weighted by Gasteiger charge is -2.17. The summed E-state index contributed by atoms with van der Waals surface area (Å²) in [5.41, 5.74) is 1.93. The lowest BCUT2D eigenvalue weighted by Crippen LogP contribution is -2.44. The van der Waals surface area contributed by atoms with Crippen molar-refractivity contribution in [2.45, 2.75) is 19.0 Å². The molecule has 2 aromatic carbocycles. The Hall–Kier alpha value is -2.99. The van der Waals surface area contributed by atoms with Crippen LogP contribution in [0.5, 0.6) is 0 Å². The van der Waals surface area contributed by atoms with Crippen molar-refractivity contribution in [2.24, 2.45) is 0 Å². The number of carbonyl (C=O) groups excluding carboxylic acids is 2. The number of hydrogen-bond acceptors (Lipinski definition) is 2. The van der Waals surface area contributed by atoms with E-state index in [2.05, 4.69) is 33.4 Å². The molecule has 4 rings (SSSR count). The highest BCUT2D eigenvalue weighted by Gasteiger charge is 2.31. The number of anilines is 1. The molecule has 3 amide bonds. The summed E-state index contributed by atoms with van der Waals surface area (Å²) < 4.78 is 2.11. The second-order valence-electron chi connectivity index (χ2n) is 6.85. The summed E-state index contributed by atoms with van der Waals surface area (Å²) in [7, 11) is 0. The number of hydrogen-bond donors (Lipinski definition) is 2. The fraction of sp³-hybridized carbons (Fsp3) is 0.238. The van der Waals surface area contributed by atoms with Crippen LogP contribution in [-0.4, -0.2) is 35.6 Å². The standard InChI is InChI=1S/C21H21ClN4O2/c22-16-5-7-18(8-6-16)26-14-17(13-20(26)27)24-21(28)23-10-12-25-11-9-15-3-1-2-4-19(15)25/h1-9,11,17H,10,12-14H2,(H2,23,24,28). The molecule has 0 radical (unpaired) electrons. The maximum absolute atomic E-state index is 12.3. The van der Waals surface area contributed by atoms with Gasteiger partial charge >= 0.3 is 6.03 Å². The molecule has 1 atom stereocenters. The van der Waals surface area contributed by atoms with Crippen molar-refractivity contribution in [3.8, 4) is 0 Å². The highest BCUT2D eigenvalue weighted by molar-refractivity contribution is 6.30. The van der Waals surface area contributed by atoms with Crippen molar-refractivity contribution in [3.63, 3.8) is 0 Å². The molecule has 1 saturated heterocycles. The van der Waals surface area contributed by atoms with Crippen LogP contribution < -0.4 is 15.5 Å². The van der Waals surface area contributed by atoms with Crippen LogP contribution in [0.1, 0.15) is 6.42 Å². The molecule has 1 fully saturated rings. The van der Waals surface area contributed by atoms with E-state index in [-0.39, 0.29) is 24.4 Å². The van der Waals surface area contributed by atoms with E-state index in [0.29, 0.717) is 24.7 Å². The van der Waals surface area contributed by atoms with Crippen LogP contribution in [0.15, 0.2) is 60.8 Å². The average molecular weight is 397 g/mol. The summed E-state index contributed by atoms with van der Waals surface area (Å²) in [6.07, 6.45) is 2.31. The van der Waals surface area contributed by atoms with E-state index in [1.807, 2.05) is 30.5 Å². The van der Waals surface area contributed by atoms with Gasteiger partial charge in [-0.1, -0.05) is 29.8 Å². The van der Waals surface area contributed by atoms with E-state index in [1.54, 1.807) is 17.0 Å². The Morgan fingerprint density at radius 1 is 1.11 bits per heavy atom. The molecule has 0 aliphatic carbocycles. The topological polar surface area (TPSA) is 66.4 Å². The first-order chi connectivity index (χ1) is 13.6. The van der Waals surface area contributed by atoms with Crippen LogP contribution in [0.2, 0.25) is 5.02 Å². The van der Waals surface area contributed by atoms with Crippen LogP contribution in [0.25, 0.3) is 10.9 Å². The number of benzene rings is 2. The molecule has 1 aliphatic rings. The lowest BCUT2D eigenvalue weighted by atomic mass is 10.2. The Morgan fingerprint density at radius 3 is 2.71 bits per heavy atom. The molecule has 28 heavy (non-hydrogen) atoms. The number of halogens is 1. The molecule has 7 heteroatoms. The fourth-order valence-corrected chi connectivity index (χ4v) is 3.66. The lowest BCUT2D eigenvalue weighted by molar-refractivity contribution is -0.117. The molecule has 6 nitrogen and oxygen atoms in total. The smallest absolute Gasteiger partial charge is 0.315 e. The van der Waals surface area contributed by atoms with Crippen molar-refractivity contribution in [3.05, 3.63) is 65.8 Å². The molecule has 1 unspecified atom stereocenters. The van der Waals surface area contributed by atoms with Gasteiger partial charge in [-0.2, -0.15) is 0 Å². The van der Waals surface area contributed by atoms with Crippen molar-refractivity contribution in [2.75, 3.05) is 18.0 Å². The van der Waals surface area contributed by atoms with Crippen LogP contribution >= 0.6 is 11.6 Å². The minimum Gasteiger partial charge on any atom is -0.346 e. The van der Waals surface area contributed by atoms with E-state index in [4.69, 9.17) is 11.6 Å². The molecule has 0 saturated carbocycles. The first-order valence-electron chi connectivity index (χ1n) is 9.24. The van der Waals surface area contributed by atoms with Gasteiger partial charge in [0.25, 0.3) is 0 Å². The largest absolute Gasteiger partial charge is 0.346 e. The molecule has 0 bridgehead atoms. The van der Waals surface area contributed by atoms with E-state index in [9.17, 15) is 9.59 Å². The van der Waals surface area contributed by atoms with Crippen molar-refractivity contribution in [1.29, 1.82) is 0 Å². The monoisotopic (exact) mass is 396 g/mol. The minimum absolute atomic E-state index is 0.00793. The minimum atomic E-state index is -0.257. The Balaban J connectivity index is 1.27. The molecule has 2 N–H and O–H groups in total. The van der Waals surface area contributed by atoms with Crippen LogP contribution in [0.3, 0.4) is 0 Å². The molecular weight excluding hydrogens is 376 g/mol. The van der Waals surface area contributed by atoms with Crippen LogP contribution in [0.4, 0.5) is 10.5 Å². The molecule has 2 heterocycles. The number of nitrogens with zero attached hydrogens (tertiary/aromatic N) is 2. The summed E-state index contributed by atoms with van der Waals surface area (Å²) in [5, 5.41) is 7.57.